The van der Waals surface area contributed by atoms with E-state index >= 15 is 0 Å². The number of anilines is 2. The van der Waals surface area contributed by atoms with E-state index < -0.39 is 11.8 Å². The van der Waals surface area contributed by atoms with Crippen LogP contribution >= 0.6 is 0 Å². The topological polar surface area (TPSA) is 35.2 Å². The summed E-state index contributed by atoms with van der Waals surface area (Å²) < 4.78 is 30.7. The molecule has 11 aromatic rings. The maximum atomic E-state index is 9.64. The quantitative estimate of drug-likeness (QED) is 0.156. The van der Waals surface area contributed by atoms with E-state index in [0.717, 1.165) is 99.0 Å². The van der Waals surface area contributed by atoms with E-state index in [-0.39, 0.29) is 37.3 Å². The monoisotopic (exact) mass is 1190 g/mol. The summed E-state index contributed by atoms with van der Waals surface area (Å²) in [6, 6.07) is 65.9. The van der Waals surface area contributed by atoms with Gasteiger partial charge in [-0.2, -0.15) is 12.1 Å². The van der Waals surface area contributed by atoms with Crippen LogP contribution in [0, 0.1) is 24.2 Å². The fourth-order valence-corrected chi connectivity index (χ4v) is 11.1. The summed E-state index contributed by atoms with van der Waals surface area (Å²) in [5, 5.41) is 8.94. The third-order valence-corrected chi connectivity index (χ3v) is 15.0. The molecule has 0 radical (unpaired) electrons. The summed E-state index contributed by atoms with van der Waals surface area (Å²) in [6.45, 7) is 28.3. The number of aromatic nitrogens is 3. The Kier molecular flexibility index (Phi) is 12.1. The van der Waals surface area contributed by atoms with Gasteiger partial charge < -0.3 is 18.8 Å². The molecule has 3 aromatic heterocycles. The minimum atomic E-state index is -1.63. The predicted molar refractivity (Wildman–Crippen MR) is 321 cm³/mol. The number of pyridine rings is 1. The molecule has 0 saturated heterocycles. The third kappa shape index (κ3) is 9.45. The van der Waals surface area contributed by atoms with Gasteiger partial charge in [-0.15, -0.1) is 35.7 Å². The smallest absolute Gasteiger partial charge is 0.135 e. The van der Waals surface area contributed by atoms with E-state index in [4.69, 9.17) is 9.72 Å². The zero-order chi connectivity index (χ0) is 54.8. The molecule has 0 N–H and O–H groups in total. The van der Waals surface area contributed by atoms with Crippen molar-refractivity contribution in [2.45, 2.75) is 106 Å². The molecule has 0 bridgehead atoms. The van der Waals surface area contributed by atoms with Crippen molar-refractivity contribution in [1.82, 2.24) is 14.1 Å². The molecule has 12 rings (SSSR count). The number of benzene rings is 8. The maximum absolute atomic E-state index is 9.64. The SMILES string of the molecule is [2H]C([2H])(c1cc(-c2cccc3c4ccccc4c4ccc(C(C)(C)C)cc4c4cccc5c4n(c23)[CH-]N5c2[c-]c(Oc3[c-]c4c(cc3)c3ccccc3n4-c3cc(C(C)(C)C)ccn3)ccc2)cc(C(C)(C)C)c1)C(C)(C)C.[Pt]. The molecule has 1 aliphatic heterocycles. The Morgan fingerprint density at radius 1 is 0.519 bits per heavy atom. The number of hydrogen-bond acceptors (Lipinski definition) is 3. The number of para-hydroxylation sites is 3. The van der Waals surface area contributed by atoms with Crippen LogP contribution in [0.3, 0.4) is 0 Å². The first-order valence-corrected chi connectivity index (χ1v) is 26.7. The average molecular weight is 1190 g/mol. The number of rotatable bonds is 6. The molecule has 5 nitrogen and oxygen atoms in total. The van der Waals surface area contributed by atoms with Gasteiger partial charge in [0.2, 0.25) is 0 Å². The second-order valence-corrected chi connectivity index (χ2v) is 24.8. The van der Waals surface area contributed by atoms with E-state index in [1.165, 1.54) is 11.1 Å². The van der Waals surface area contributed by atoms with Crippen molar-refractivity contribution >= 4 is 76.5 Å². The van der Waals surface area contributed by atoms with Crippen molar-refractivity contribution in [3.63, 3.8) is 0 Å². The van der Waals surface area contributed by atoms with Gasteiger partial charge in [-0.1, -0.05) is 203 Å². The number of fused-ring (bicyclic) bond motifs is 10. The van der Waals surface area contributed by atoms with Gasteiger partial charge in [0, 0.05) is 52.7 Å². The molecular formula is C71H67N4OPt-3. The Labute approximate surface area is 471 Å². The van der Waals surface area contributed by atoms with Gasteiger partial charge in [0.25, 0.3) is 0 Å². The normalized spacial score (nSPS) is 13.5. The molecule has 0 unspecified atom stereocenters. The van der Waals surface area contributed by atoms with Crippen LogP contribution in [0.5, 0.6) is 11.5 Å². The number of hydrogen-bond donors (Lipinski definition) is 0. The van der Waals surface area contributed by atoms with Crippen LogP contribution < -0.4 is 9.64 Å². The number of ether oxygens (including phenoxy) is 1. The van der Waals surface area contributed by atoms with Gasteiger partial charge in [-0.25, -0.2) is 4.98 Å². The summed E-state index contributed by atoms with van der Waals surface area (Å²) >= 11 is 0. The molecular weight excluding hydrogens is 1120 g/mol. The predicted octanol–water partition coefficient (Wildman–Crippen LogP) is 19.4. The Balaban J connectivity index is 0.00000660. The fraction of sp³-hybridized carbons (Fsp3) is 0.239. The van der Waals surface area contributed by atoms with Crippen LogP contribution in [0.15, 0.2) is 170 Å². The van der Waals surface area contributed by atoms with Gasteiger partial charge >= 0.3 is 0 Å². The largest absolute Gasteiger partial charge is 0.509 e. The standard InChI is InChI=1S/C71H67N4O.Pt/c1-68(2,3)43-45-36-46(38-49(37-45)71(10,11)12)53-25-18-26-59-55-23-14-13-22-54(55)56-32-30-47(69(4,5)6)39-61(56)60-27-19-29-63-67(60)74(66(53)59)44-73(63)50-20-17-21-51(41-50)76-52-31-33-58-57-24-15-16-28-62(57)75(64(58)42-52)65-40-48(34-35-72-65)70(7,8)9;/h13-40,44H,43H2,1-12H3;/q-3;/i43D2;. The molecule has 8 aromatic carbocycles. The first kappa shape index (κ1) is 49.3. The number of nitrogens with zero attached hydrogens (tertiary/aromatic N) is 4. The van der Waals surface area contributed by atoms with Gasteiger partial charge in [0.1, 0.15) is 5.82 Å². The Bertz CT molecular complexity index is 4310. The minimum absolute atomic E-state index is 0. The van der Waals surface area contributed by atoms with Gasteiger partial charge in [0.05, 0.1) is 0 Å². The van der Waals surface area contributed by atoms with Crippen molar-refractivity contribution in [3.05, 3.63) is 211 Å². The van der Waals surface area contributed by atoms with E-state index in [0.29, 0.717) is 17.1 Å². The van der Waals surface area contributed by atoms with Crippen LogP contribution in [-0.2, 0) is 43.7 Å². The Morgan fingerprint density at radius 2 is 1.13 bits per heavy atom. The van der Waals surface area contributed by atoms with Crippen molar-refractivity contribution < 1.29 is 28.5 Å². The summed E-state index contributed by atoms with van der Waals surface area (Å²) in [5.74, 6) is 1.96. The first-order chi connectivity index (χ1) is 37.0. The molecule has 0 fully saturated rings. The zero-order valence-electron chi connectivity index (χ0n) is 48.3. The molecule has 77 heavy (non-hydrogen) atoms. The summed E-state index contributed by atoms with van der Waals surface area (Å²) in [5.41, 5.74) is 10.9. The summed E-state index contributed by atoms with van der Waals surface area (Å²) in [4.78, 5) is 7.14. The van der Waals surface area contributed by atoms with Gasteiger partial charge in [-0.3, -0.25) is 0 Å². The summed E-state index contributed by atoms with van der Waals surface area (Å²) in [6.07, 6.45) is 0.273. The van der Waals surface area contributed by atoms with Crippen molar-refractivity contribution in [2.75, 3.05) is 4.90 Å². The molecule has 390 valence electrons. The zero-order valence-corrected chi connectivity index (χ0v) is 48.5. The van der Waals surface area contributed by atoms with E-state index in [1.807, 2.05) is 45.2 Å². The molecule has 6 heteroatoms. The molecule has 0 atom stereocenters. The molecule has 0 saturated carbocycles. The Hall–Kier alpha value is -7.33. The minimum Gasteiger partial charge on any atom is -0.509 e. The van der Waals surface area contributed by atoms with Crippen molar-refractivity contribution in [2.24, 2.45) is 5.41 Å². The van der Waals surface area contributed by atoms with Gasteiger partial charge in [0.15, 0.2) is 0 Å². The van der Waals surface area contributed by atoms with Crippen LogP contribution in [-0.4, -0.2) is 14.1 Å². The van der Waals surface area contributed by atoms with E-state index in [2.05, 4.69) is 241 Å². The van der Waals surface area contributed by atoms with E-state index in [1.54, 1.807) is 0 Å². The second kappa shape index (κ2) is 19.0. The average Bonchev–Trinajstić information content (AvgIpc) is 3.86. The second-order valence-electron chi connectivity index (χ2n) is 24.8. The third-order valence-electron chi connectivity index (χ3n) is 15.0. The molecule has 1 aliphatic rings. The van der Waals surface area contributed by atoms with Crippen LogP contribution in [0.1, 0.15) is 108 Å². The van der Waals surface area contributed by atoms with Crippen LogP contribution in [0.2, 0.25) is 0 Å². The maximum Gasteiger partial charge on any atom is 0.135 e. The van der Waals surface area contributed by atoms with Crippen molar-refractivity contribution in [1.29, 1.82) is 0 Å². The van der Waals surface area contributed by atoms with Gasteiger partial charge in [-0.05, 0) is 141 Å². The van der Waals surface area contributed by atoms with Crippen LogP contribution in [0.4, 0.5) is 11.4 Å². The van der Waals surface area contributed by atoms with Crippen LogP contribution in [0.25, 0.3) is 82.1 Å². The van der Waals surface area contributed by atoms with Crippen molar-refractivity contribution in [3.8, 4) is 28.4 Å². The molecule has 0 spiro atoms. The molecule has 0 amide bonds. The first-order valence-electron chi connectivity index (χ1n) is 27.7. The summed E-state index contributed by atoms with van der Waals surface area (Å²) in [7, 11) is 0. The molecule has 0 aliphatic carbocycles. The van der Waals surface area contributed by atoms with E-state index in [9.17, 15) is 2.74 Å². The Morgan fingerprint density at radius 3 is 1.86 bits per heavy atom. The molecule has 4 heterocycles. The fourth-order valence-electron chi connectivity index (χ4n) is 11.1.